The number of rotatable bonds is 3. The summed E-state index contributed by atoms with van der Waals surface area (Å²) in [5.41, 5.74) is 2.65. The van der Waals surface area contributed by atoms with Gasteiger partial charge in [-0.2, -0.15) is 0 Å². The Hall–Kier alpha value is -5.66. The maximum atomic E-state index is 9.38. The van der Waals surface area contributed by atoms with Gasteiger partial charge in [0.05, 0.1) is 16.4 Å². The van der Waals surface area contributed by atoms with Crippen molar-refractivity contribution in [3.05, 3.63) is 157 Å². The highest BCUT2D eigenvalue weighted by atomic mass is 16.3. The predicted molar refractivity (Wildman–Crippen MR) is 183 cm³/mol. The molecule has 8 aromatic carbocycles. The zero-order valence-corrected chi connectivity index (χ0v) is 22.5. The van der Waals surface area contributed by atoms with E-state index < -0.39 is 66.5 Å². The van der Waals surface area contributed by atoms with Gasteiger partial charge in [-0.25, -0.2) is 0 Å². The van der Waals surface area contributed by atoms with Crippen LogP contribution < -0.4 is 0 Å². The van der Waals surface area contributed by atoms with Crippen LogP contribution in [0.3, 0.4) is 0 Å². The summed E-state index contributed by atoms with van der Waals surface area (Å²) in [4.78, 5) is 0. The zero-order chi connectivity index (χ0) is 38.8. The largest absolute Gasteiger partial charge is 0.456 e. The van der Waals surface area contributed by atoms with Gasteiger partial charge in [0.2, 0.25) is 0 Å². The number of para-hydroxylation sites is 1. The summed E-state index contributed by atoms with van der Waals surface area (Å²) >= 11 is 0. The van der Waals surface area contributed by atoms with E-state index in [9.17, 15) is 5.48 Å². The fraction of sp³-hybridized carbons (Fsp3) is 0. The highest BCUT2D eigenvalue weighted by Crippen LogP contribution is 2.47. The van der Waals surface area contributed by atoms with Crippen LogP contribution in [-0.2, 0) is 0 Å². The molecule has 9 aromatic rings. The molecular weight excluding hydrogens is 520 g/mol. The monoisotopic (exact) mass is 558 g/mol. The lowest BCUT2D eigenvalue weighted by atomic mass is 9.84. The normalized spacial score (nSPS) is 15.6. The van der Waals surface area contributed by atoms with Crippen molar-refractivity contribution >= 4 is 54.3 Å². The smallest absolute Gasteiger partial charge is 0.136 e. The van der Waals surface area contributed by atoms with Crippen LogP contribution in [0.15, 0.2) is 162 Å². The van der Waals surface area contributed by atoms with Gasteiger partial charge in [-0.05, 0) is 83.9 Å². The standard InChI is InChI=1S/C42H26O/c1-2-16-30-27(12-1)13-10-22-31(30)28-14-9-15-29(26-28)40-32-17-3-5-19-34(32)41(35-20-6-4-18-33(35)40)37-23-11-25-39-42(37)36-21-7-8-24-38(36)43-39/h1-26H/i3D,4D,5D,6D,7D,8D,17D,18D,19D,20D,21D,24D. The first-order chi connectivity index (χ1) is 26.3. The van der Waals surface area contributed by atoms with Crippen molar-refractivity contribution in [3.63, 3.8) is 0 Å². The second-order valence-corrected chi connectivity index (χ2v) is 10.3. The highest BCUT2D eigenvalue weighted by Gasteiger charge is 2.20. The molecule has 0 fully saturated rings. The van der Waals surface area contributed by atoms with Crippen molar-refractivity contribution < 1.29 is 20.9 Å². The average molecular weight is 559 g/mol. The average Bonchev–Trinajstić information content (AvgIpc) is 3.61. The maximum Gasteiger partial charge on any atom is 0.136 e. The first-order valence-electron chi connectivity index (χ1n) is 19.8. The fourth-order valence-electron chi connectivity index (χ4n) is 6.25. The van der Waals surface area contributed by atoms with Gasteiger partial charge >= 0.3 is 0 Å². The summed E-state index contributed by atoms with van der Waals surface area (Å²) < 4.78 is 113. The molecule has 0 amide bonds. The van der Waals surface area contributed by atoms with Crippen LogP contribution in [0.2, 0.25) is 0 Å². The highest BCUT2D eigenvalue weighted by molar-refractivity contribution is 6.25. The van der Waals surface area contributed by atoms with Crippen LogP contribution in [0.4, 0.5) is 0 Å². The summed E-state index contributed by atoms with van der Waals surface area (Å²) in [6.45, 7) is 0. The zero-order valence-electron chi connectivity index (χ0n) is 34.5. The molecule has 0 saturated heterocycles. The van der Waals surface area contributed by atoms with Crippen LogP contribution in [0, 0.1) is 0 Å². The Morgan fingerprint density at radius 1 is 0.419 bits per heavy atom. The molecule has 0 unspecified atom stereocenters. The van der Waals surface area contributed by atoms with Crippen LogP contribution >= 0.6 is 0 Å². The summed E-state index contributed by atoms with van der Waals surface area (Å²) in [6.07, 6.45) is 0. The van der Waals surface area contributed by atoms with Gasteiger partial charge in [-0.1, -0.05) is 139 Å². The minimum Gasteiger partial charge on any atom is -0.456 e. The lowest BCUT2D eigenvalue weighted by molar-refractivity contribution is 0.669. The summed E-state index contributed by atoms with van der Waals surface area (Å²) in [6, 6.07) is 20.3. The van der Waals surface area contributed by atoms with Gasteiger partial charge in [0, 0.05) is 10.8 Å². The molecule has 0 saturated carbocycles. The Morgan fingerprint density at radius 2 is 1.00 bits per heavy atom. The SMILES string of the molecule is [2H]c1c([2H])c([2H])c2c(oc3cccc(-c4c5c([2H])c([2H])c([2H])c([2H])c5c(-c5cccc(-c6cccc7ccccc67)c5)c5c([2H])c([2H])c([2H])c([2H])c45)c32)c1[2H]. The van der Waals surface area contributed by atoms with E-state index in [-0.39, 0.29) is 66.2 Å². The number of benzene rings is 8. The van der Waals surface area contributed by atoms with Crippen LogP contribution in [-0.4, -0.2) is 0 Å². The van der Waals surface area contributed by atoms with Crippen molar-refractivity contribution in [2.45, 2.75) is 0 Å². The molecule has 1 nitrogen and oxygen atoms in total. The molecular formula is C42H26O. The van der Waals surface area contributed by atoms with Crippen LogP contribution in [0.5, 0.6) is 0 Å². The molecule has 0 aliphatic heterocycles. The molecule has 0 spiro atoms. The minimum absolute atomic E-state index is 0.0169. The molecule has 1 heteroatoms. The summed E-state index contributed by atoms with van der Waals surface area (Å²) in [5, 5.41) is 2.26. The van der Waals surface area contributed by atoms with E-state index in [2.05, 4.69) is 0 Å². The molecule has 0 bridgehead atoms. The van der Waals surface area contributed by atoms with E-state index in [1.807, 2.05) is 54.6 Å². The van der Waals surface area contributed by atoms with Gasteiger partial charge in [0.15, 0.2) is 0 Å². The predicted octanol–water partition coefficient (Wildman–Crippen LogP) is 12.0. The molecule has 0 N–H and O–H groups in total. The lowest BCUT2D eigenvalue weighted by Crippen LogP contribution is -1.91. The molecule has 0 aliphatic carbocycles. The van der Waals surface area contributed by atoms with Crippen LogP contribution in [0.1, 0.15) is 16.4 Å². The molecule has 1 heterocycles. The fourth-order valence-corrected chi connectivity index (χ4v) is 6.25. The van der Waals surface area contributed by atoms with Crippen LogP contribution in [0.25, 0.3) is 87.6 Å². The lowest BCUT2D eigenvalue weighted by Gasteiger charge is -2.19. The third-order valence-corrected chi connectivity index (χ3v) is 8.04. The molecule has 0 radical (unpaired) electrons. The Morgan fingerprint density at radius 3 is 1.79 bits per heavy atom. The molecule has 0 atom stereocenters. The number of fused-ring (bicyclic) bond motifs is 6. The van der Waals surface area contributed by atoms with E-state index >= 15 is 0 Å². The Bertz CT molecular complexity index is 3100. The van der Waals surface area contributed by atoms with Gasteiger partial charge < -0.3 is 4.42 Å². The Kier molecular flexibility index (Phi) is 3.29. The third-order valence-electron chi connectivity index (χ3n) is 8.04. The third kappa shape index (κ3) is 3.65. The van der Waals surface area contributed by atoms with Crippen molar-refractivity contribution in [1.82, 2.24) is 0 Å². The van der Waals surface area contributed by atoms with E-state index in [0.29, 0.717) is 5.56 Å². The van der Waals surface area contributed by atoms with Crippen molar-refractivity contribution in [1.29, 1.82) is 0 Å². The first kappa shape index (κ1) is 15.0. The second kappa shape index (κ2) is 9.44. The van der Waals surface area contributed by atoms with Gasteiger partial charge in [-0.15, -0.1) is 0 Å². The molecule has 0 aliphatic rings. The van der Waals surface area contributed by atoms with Gasteiger partial charge in [0.25, 0.3) is 0 Å². The Labute approximate surface area is 266 Å². The van der Waals surface area contributed by atoms with E-state index in [1.165, 1.54) is 0 Å². The Balaban J connectivity index is 1.54. The molecule has 1 aromatic heterocycles. The second-order valence-electron chi connectivity index (χ2n) is 10.3. The van der Waals surface area contributed by atoms with E-state index in [4.69, 9.17) is 15.4 Å². The minimum atomic E-state index is -0.555. The van der Waals surface area contributed by atoms with Gasteiger partial charge in [0.1, 0.15) is 11.2 Å². The number of hydrogen-bond donors (Lipinski definition) is 0. The van der Waals surface area contributed by atoms with Crippen molar-refractivity contribution in [2.24, 2.45) is 0 Å². The summed E-state index contributed by atoms with van der Waals surface area (Å²) in [7, 11) is 0. The topological polar surface area (TPSA) is 13.1 Å². The maximum absolute atomic E-state index is 9.38. The first-order valence-corrected chi connectivity index (χ1v) is 13.8. The number of hydrogen-bond acceptors (Lipinski definition) is 1. The summed E-state index contributed by atoms with van der Waals surface area (Å²) in [5.74, 6) is 0. The van der Waals surface area contributed by atoms with Crippen molar-refractivity contribution in [2.75, 3.05) is 0 Å². The number of furan rings is 1. The quantitative estimate of drug-likeness (QED) is 0.197. The van der Waals surface area contributed by atoms with Gasteiger partial charge in [-0.3, -0.25) is 0 Å². The molecule has 200 valence electrons. The van der Waals surface area contributed by atoms with E-state index in [0.717, 1.165) is 21.9 Å². The molecule has 9 rings (SSSR count). The van der Waals surface area contributed by atoms with E-state index in [1.54, 1.807) is 30.3 Å². The molecule has 43 heavy (non-hydrogen) atoms. The van der Waals surface area contributed by atoms with Crippen molar-refractivity contribution in [3.8, 4) is 33.4 Å².